The third kappa shape index (κ3) is 5.27. The highest BCUT2D eigenvalue weighted by molar-refractivity contribution is 6.17. The topological polar surface area (TPSA) is 35.5 Å². The van der Waals surface area contributed by atoms with Gasteiger partial charge in [-0.2, -0.15) is 0 Å². The average Bonchev–Trinajstić information content (AvgIpc) is 2.33. The van der Waals surface area contributed by atoms with Crippen molar-refractivity contribution < 1.29 is 14.3 Å². The summed E-state index contributed by atoms with van der Waals surface area (Å²) >= 11 is 5.55. The van der Waals surface area contributed by atoms with E-state index in [0.29, 0.717) is 18.7 Å². The standard InChI is InChI=1S/C12H19ClO3/c1-4-12(5-2,16-11(14)15-3)9-7-6-8-10-13/h4-6,8,10H2,1-3H3. The van der Waals surface area contributed by atoms with Gasteiger partial charge in [0, 0.05) is 12.3 Å². The number of hydrogen-bond donors (Lipinski definition) is 0. The molecular formula is C12H19ClO3. The number of hydrogen-bond acceptors (Lipinski definition) is 3. The molecule has 0 aliphatic heterocycles. The predicted octanol–water partition coefficient (Wildman–Crippen LogP) is 3.35. The maximum absolute atomic E-state index is 11.1. The number of rotatable bonds is 5. The van der Waals surface area contributed by atoms with Gasteiger partial charge in [-0.05, 0) is 19.3 Å². The molecule has 0 heterocycles. The molecule has 0 saturated carbocycles. The van der Waals surface area contributed by atoms with Gasteiger partial charge in [0.05, 0.1) is 7.11 Å². The van der Waals surface area contributed by atoms with Crippen molar-refractivity contribution in [3.8, 4) is 11.8 Å². The Hall–Kier alpha value is -0.880. The average molecular weight is 247 g/mol. The van der Waals surface area contributed by atoms with Crippen LogP contribution in [0.4, 0.5) is 4.79 Å². The Morgan fingerprint density at radius 1 is 1.38 bits per heavy atom. The highest BCUT2D eigenvalue weighted by atomic mass is 35.5. The summed E-state index contributed by atoms with van der Waals surface area (Å²) in [6, 6.07) is 0. The quantitative estimate of drug-likeness (QED) is 0.323. The Kier molecular flexibility index (Phi) is 7.84. The molecule has 0 atom stereocenters. The van der Waals surface area contributed by atoms with E-state index in [0.717, 1.165) is 12.8 Å². The molecule has 0 aromatic carbocycles. The molecule has 0 radical (unpaired) electrons. The summed E-state index contributed by atoms with van der Waals surface area (Å²) < 4.78 is 9.68. The fraction of sp³-hybridized carbons (Fsp3) is 0.750. The van der Waals surface area contributed by atoms with Crippen LogP contribution in [0.25, 0.3) is 0 Å². The smallest absolute Gasteiger partial charge is 0.438 e. The highest BCUT2D eigenvalue weighted by Gasteiger charge is 2.28. The molecule has 3 nitrogen and oxygen atoms in total. The predicted molar refractivity (Wildman–Crippen MR) is 64.5 cm³/mol. The molecule has 0 amide bonds. The Morgan fingerprint density at radius 3 is 2.44 bits per heavy atom. The summed E-state index contributed by atoms with van der Waals surface area (Å²) in [6.07, 6.45) is 2.17. The monoisotopic (exact) mass is 246 g/mol. The van der Waals surface area contributed by atoms with Crippen LogP contribution in [0, 0.1) is 11.8 Å². The molecule has 0 aliphatic carbocycles. The van der Waals surface area contributed by atoms with E-state index in [9.17, 15) is 4.79 Å². The lowest BCUT2D eigenvalue weighted by molar-refractivity contribution is 0.000677. The minimum absolute atomic E-state index is 0.595. The summed E-state index contributed by atoms with van der Waals surface area (Å²) in [5, 5.41) is 0. The molecule has 0 saturated heterocycles. The second-order valence-corrected chi connectivity index (χ2v) is 3.73. The third-order valence-corrected chi connectivity index (χ3v) is 2.61. The van der Waals surface area contributed by atoms with Gasteiger partial charge < -0.3 is 9.47 Å². The normalized spacial score (nSPS) is 10.2. The van der Waals surface area contributed by atoms with E-state index >= 15 is 0 Å². The second kappa shape index (κ2) is 8.29. The Bertz CT molecular complexity index is 261. The van der Waals surface area contributed by atoms with E-state index in [1.54, 1.807) is 0 Å². The summed E-state index contributed by atoms with van der Waals surface area (Å²) in [5.41, 5.74) is -0.723. The molecule has 4 heteroatoms. The van der Waals surface area contributed by atoms with Crippen LogP contribution in [0.3, 0.4) is 0 Å². The molecule has 92 valence electrons. The third-order valence-electron chi connectivity index (χ3n) is 2.34. The minimum atomic E-state index is -0.723. The zero-order chi connectivity index (χ0) is 12.4. The van der Waals surface area contributed by atoms with Crippen LogP contribution in [-0.2, 0) is 9.47 Å². The molecular weight excluding hydrogens is 228 g/mol. The number of ether oxygens (including phenoxy) is 2. The number of alkyl halides is 1. The molecule has 16 heavy (non-hydrogen) atoms. The number of carbonyl (C=O) groups excluding carboxylic acids is 1. The van der Waals surface area contributed by atoms with Crippen LogP contribution in [0.1, 0.15) is 39.5 Å². The molecule has 0 unspecified atom stereocenters. The molecule has 0 bridgehead atoms. The van der Waals surface area contributed by atoms with E-state index in [2.05, 4.69) is 16.6 Å². The number of halogens is 1. The van der Waals surface area contributed by atoms with Crippen LogP contribution < -0.4 is 0 Å². The van der Waals surface area contributed by atoms with Gasteiger partial charge in [-0.1, -0.05) is 25.7 Å². The zero-order valence-electron chi connectivity index (χ0n) is 10.1. The van der Waals surface area contributed by atoms with Crippen molar-refractivity contribution >= 4 is 17.8 Å². The van der Waals surface area contributed by atoms with Crippen LogP contribution in [0.5, 0.6) is 0 Å². The van der Waals surface area contributed by atoms with Gasteiger partial charge in [-0.3, -0.25) is 0 Å². The number of methoxy groups -OCH3 is 1. The lowest BCUT2D eigenvalue weighted by Gasteiger charge is -2.24. The molecule has 0 rings (SSSR count). The molecule has 0 fully saturated rings. The first-order chi connectivity index (χ1) is 7.64. The van der Waals surface area contributed by atoms with Crippen molar-refractivity contribution in [2.45, 2.75) is 45.1 Å². The van der Waals surface area contributed by atoms with E-state index < -0.39 is 11.8 Å². The van der Waals surface area contributed by atoms with Crippen molar-refractivity contribution in [2.24, 2.45) is 0 Å². The van der Waals surface area contributed by atoms with Gasteiger partial charge >= 0.3 is 6.16 Å². The van der Waals surface area contributed by atoms with Crippen molar-refractivity contribution in [3.05, 3.63) is 0 Å². The maximum atomic E-state index is 11.1. The minimum Gasteiger partial charge on any atom is -0.438 e. The second-order valence-electron chi connectivity index (χ2n) is 3.35. The SMILES string of the molecule is CCC(C#CCCCCl)(CC)OC(=O)OC. The molecule has 0 aliphatic rings. The lowest BCUT2D eigenvalue weighted by atomic mass is 9.98. The van der Waals surface area contributed by atoms with Crippen LogP contribution >= 0.6 is 11.6 Å². The van der Waals surface area contributed by atoms with E-state index in [1.807, 2.05) is 13.8 Å². The Morgan fingerprint density at radius 2 is 2.00 bits per heavy atom. The van der Waals surface area contributed by atoms with Gasteiger partial charge in [0.2, 0.25) is 0 Å². The van der Waals surface area contributed by atoms with Gasteiger partial charge in [-0.25, -0.2) is 4.79 Å². The van der Waals surface area contributed by atoms with Crippen molar-refractivity contribution in [3.63, 3.8) is 0 Å². The van der Waals surface area contributed by atoms with Crippen molar-refractivity contribution in [1.29, 1.82) is 0 Å². The Labute approximate surface area is 102 Å². The molecule has 0 aromatic rings. The molecule has 0 spiro atoms. The Balaban J connectivity index is 4.52. The first-order valence-corrected chi connectivity index (χ1v) is 6.00. The maximum Gasteiger partial charge on any atom is 0.509 e. The van der Waals surface area contributed by atoms with Crippen molar-refractivity contribution in [2.75, 3.05) is 13.0 Å². The first-order valence-electron chi connectivity index (χ1n) is 5.47. The van der Waals surface area contributed by atoms with Gasteiger partial charge in [-0.15, -0.1) is 11.6 Å². The van der Waals surface area contributed by atoms with Gasteiger partial charge in [0.15, 0.2) is 5.60 Å². The number of carbonyl (C=O) groups is 1. The molecule has 0 aromatic heterocycles. The van der Waals surface area contributed by atoms with E-state index in [-0.39, 0.29) is 0 Å². The van der Waals surface area contributed by atoms with Crippen molar-refractivity contribution in [1.82, 2.24) is 0 Å². The van der Waals surface area contributed by atoms with Gasteiger partial charge in [0.25, 0.3) is 0 Å². The zero-order valence-corrected chi connectivity index (χ0v) is 10.9. The van der Waals surface area contributed by atoms with Crippen LogP contribution in [0.2, 0.25) is 0 Å². The van der Waals surface area contributed by atoms with Crippen LogP contribution in [-0.4, -0.2) is 24.7 Å². The summed E-state index contributed by atoms with van der Waals surface area (Å²) in [6.45, 7) is 3.87. The number of unbranched alkanes of at least 4 members (excludes halogenated alkanes) is 1. The van der Waals surface area contributed by atoms with Gasteiger partial charge in [0.1, 0.15) is 0 Å². The lowest BCUT2D eigenvalue weighted by Crippen LogP contribution is -2.32. The van der Waals surface area contributed by atoms with E-state index in [4.69, 9.17) is 16.3 Å². The van der Waals surface area contributed by atoms with E-state index in [1.165, 1.54) is 7.11 Å². The summed E-state index contributed by atoms with van der Waals surface area (Å²) in [7, 11) is 1.29. The largest absolute Gasteiger partial charge is 0.509 e. The summed E-state index contributed by atoms with van der Waals surface area (Å²) in [4.78, 5) is 11.1. The highest BCUT2D eigenvalue weighted by Crippen LogP contribution is 2.20. The fourth-order valence-corrected chi connectivity index (χ4v) is 1.31. The molecule has 0 N–H and O–H groups in total. The van der Waals surface area contributed by atoms with Crippen LogP contribution in [0.15, 0.2) is 0 Å². The fourth-order valence-electron chi connectivity index (χ4n) is 1.18. The summed E-state index contributed by atoms with van der Waals surface area (Å²) in [5.74, 6) is 6.59. The first kappa shape index (κ1) is 15.1.